The van der Waals surface area contributed by atoms with Crippen LogP contribution in [-0.2, 0) is 4.74 Å². The Kier molecular flexibility index (Phi) is 5.27. The molecule has 1 aliphatic carbocycles. The highest BCUT2D eigenvalue weighted by Crippen LogP contribution is 2.31. The highest BCUT2D eigenvalue weighted by Gasteiger charge is 2.27. The zero-order valence-electron chi connectivity index (χ0n) is 13.6. The number of rotatable bonds is 4. The second kappa shape index (κ2) is 6.97. The molecule has 1 aromatic carbocycles. The Morgan fingerprint density at radius 3 is 2.24 bits per heavy atom. The maximum Gasteiger partial charge on any atom is 0.338 e. The van der Waals surface area contributed by atoms with Crippen LogP contribution in [0.3, 0.4) is 0 Å². The minimum atomic E-state index is -0.254. The second-order valence-corrected chi connectivity index (χ2v) is 6.59. The Morgan fingerprint density at radius 1 is 1.14 bits per heavy atom. The Morgan fingerprint density at radius 2 is 1.71 bits per heavy atom. The summed E-state index contributed by atoms with van der Waals surface area (Å²) in [6, 6.07) is 8.15. The van der Waals surface area contributed by atoms with E-state index in [0.29, 0.717) is 23.4 Å². The van der Waals surface area contributed by atoms with Gasteiger partial charge in [0, 0.05) is 11.7 Å². The van der Waals surface area contributed by atoms with Gasteiger partial charge in [0.2, 0.25) is 0 Å². The van der Waals surface area contributed by atoms with Gasteiger partial charge in [0.1, 0.15) is 0 Å². The molecular formula is C18H27NO2. The van der Waals surface area contributed by atoms with E-state index in [1.165, 1.54) is 19.3 Å². The Bertz CT molecular complexity index is 457. The normalized spacial score (nSPS) is 25.7. The second-order valence-electron chi connectivity index (χ2n) is 6.59. The van der Waals surface area contributed by atoms with Gasteiger partial charge in [-0.3, -0.25) is 0 Å². The van der Waals surface area contributed by atoms with Crippen molar-refractivity contribution in [3.63, 3.8) is 0 Å². The van der Waals surface area contributed by atoms with Crippen LogP contribution in [0, 0.1) is 11.8 Å². The van der Waals surface area contributed by atoms with Crippen molar-refractivity contribution in [1.29, 1.82) is 0 Å². The summed E-state index contributed by atoms with van der Waals surface area (Å²) in [6.45, 7) is 8.36. The fourth-order valence-corrected chi connectivity index (χ4v) is 3.14. The van der Waals surface area contributed by atoms with Gasteiger partial charge in [0.15, 0.2) is 0 Å². The lowest BCUT2D eigenvalue weighted by Gasteiger charge is -2.35. The van der Waals surface area contributed by atoms with Gasteiger partial charge in [-0.15, -0.1) is 0 Å². The van der Waals surface area contributed by atoms with Gasteiger partial charge in [0.25, 0.3) is 0 Å². The van der Waals surface area contributed by atoms with Crippen molar-refractivity contribution in [3.8, 4) is 0 Å². The Hall–Kier alpha value is -1.51. The van der Waals surface area contributed by atoms with Crippen LogP contribution >= 0.6 is 0 Å². The lowest BCUT2D eigenvalue weighted by atomic mass is 9.78. The maximum atomic E-state index is 11.8. The largest absolute Gasteiger partial charge is 0.459 e. The number of carbonyl (C=O) groups excluding carboxylic acids is 1. The van der Waals surface area contributed by atoms with Crippen molar-refractivity contribution in [2.75, 3.05) is 5.32 Å². The van der Waals surface area contributed by atoms with Crippen molar-refractivity contribution in [1.82, 2.24) is 0 Å². The van der Waals surface area contributed by atoms with Crippen molar-refractivity contribution >= 4 is 11.7 Å². The van der Waals surface area contributed by atoms with Crippen LogP contribution in [-0.4, -0.2) is 18.1 Å². The summed E-state index contributed by atoms with van der Waals surface area (Å²) >= 11 is 0. The van der Waals surface area contributed by atoms with E-state index in [1.54, 1.807) is 0 Å². The van der Waals surface area contributed by atoms with E-state index < -0.39 is 0 Å². The van der Waals surface area contributed by atoms with Gasteiger partial charge in [-0.1, -0.05) is 20.3 Å². The molecule has 2 unspecified atom stereocenters. The smallest absolute Gasteiger partial charge is 0.338 e. The molecule has 1 N–H and O–H groups in total. The molecule has 1 aliphatic rings. The summed E-state index contributed by atoms with van der Waals surface area (Å²) in [6.07, 6.45) is 3.83. The van der Waals surface area contributed by atoms with Gasteiger partial charge in [-0.2, -0.15) is 0 Å². The summed E-state index contributed by atoms with van der Waals surface area (Å²) in [5, 5.41) is 3.64. The molecule has 1 aromatic rings. The van der Waals surface area contributed by atoms with E-state index in [1.807, 2.05) is 38.1 Å². The molecule has 0 saturated heterocycles. The molecule has 0 aliphatic heterocycles. The Balaban J connectivity index is 2.00. The van der Waals surface area contributed by atoms with Crippen molar-refractivity contribution in [2.24, 2.45) is 11.8 Å². The SMILES string of the molecule is CC(C)OC(=O)c1ccc(NC2C(C)CCCC2C)cc1. The number of benzene rings is 1. The number of anilines is 1. The fourth-order valence-electron chi connectivity index (χ4n) is 3.14. The summed E-state index contributed by atoms with van der Waals surface area (Å²) in [7, 11) is 0. The van der Waals surface area contributed by atoms with Crippen LogP contribution in [0.4, 0.5) is 5.69 Å². The lowest BCUT2D eigenvalue weighted by molar-refractivity contribution is 0.0378. The zero-order valence-corrected chi connectivity index (χ0v) is 13.6. The predicted molar refractivity (Wildman–Crippen MR) is 86.6 cm³/mol. The maximum absolute atomic E-state index is 11.8. The van der Waals surface area contributed by atoms with Gasteiger partial charge in [0.05, 0.1) is 11.7 Å². The quantitative estimate of drug-likeness (QED) is 0.830. The number of hydrogen-bond donors (Lipinski definition) is 1. The van der Waals surface area contributed by atoms with Crippen LogP contribution in [0.5, 0.6) is 0 Å². The van der Waals surface area contributed by atoms with E-state index in [4.69, 9.17) is 4.74 Å². The van der Waals surface area contributed by atoms with Crippen molar-refractivity contribution < 1.29 is 9.53 Å². The van der Waals surface area contributed by atoms with Crippen molar-refractivity contribution in [2.45, 2.75) is 59.1 Å². The summed E-state index contributed by atoms with van der Waals surface area (Å²) in [5.41, 5.74) is 1.70. The molecule has 2 atom stereocenters. The molecule has 1 fully saturated rings. The van der Waals surface area contributed by atoms with Gasteiger partial charge >= 0.3 is 5.97 Å². The lowest BCUT2D eigenvalue weighted by Crippen LogP contribution is -2.37. The van der Waals surface area contributed by atoms with E-state index in [2.05, 4.69) is 19.2 Å². The molecule has 116 valence electrons. The van der Waals surface area contributed by atoms with Crippen LogP contribution in [0.15, 0.2) is 24.3 Å². The van der Waals surface area contributed by atoms with E-state index in [0.717, 1.165) is 5.69 Å². The van der Waals surface area contributed by atoms with Gasteiger partial charge in [-0.25, -0.2) is 4.79 Å². The average molecular weight is 289 g/mol. The van der Waals surface area contributed by atoms with Gasteiger partial charge < -0.3 is 10.1 Å². The third-order valence-electron chi connectivity index (χ3n) is 4.34. The summed E-state index contributed by atoms with van der Waals surface area (Å²) in [4.78, 5) is 11.8. The standard InChI is InChI=1S/C18H27NO2/c1-12(2)21-18(20)15-8-10-16(11-9-15)19-17-13(3)6-5-7-14(17)4/h8-14,17,19H,5-7H2,1-4H3. The van der Waals surface area contributed by atoms with Crippen LogP contribution < -0.4 is 5.32 Å². The molecule has 0 radical (unpaired) electrons. The molecule has 0 spiro atoms. The topological polar surface area (TPSA) is 38.3 Å². The molecular weight excluding hydrogens is 262 g/mol. The first-order valence-corrected chi connectivity index (χ1v) is 8.05. The molecule has 1 saturated carbocycles. The molecule has 0 bridgehead atoms. The first-order chi connectivity index (χ1) is 9.97. The minimum Gasteiger partial charge on any atom is -0.459 e. The number of esters is 1. The van der Waals surface area contributed by atoms with Crippen LogP contribution in [0.1, 0.15) is 57.3 Å². The van der Waals surface area contributed by atoms with E-state index in [-0.39, 0.29) is 12.1 Å². The zero-order chi connectivity index (χ0) is 15.4. The molecule has 21 heavy (non-hydrogen) atoms. The number of nitrogens with one attached hydrogen (secondary N) is 1. The molecule has 3 heteroatoms. The van der Waals surface area contributed by atoms with Crippen molar-refractivity contribution in [3.05, 3.63) is 29.8 Å². The van der Waals surface area contributed by atoms with Gasteiger partial charge in [-0.05, 0) is 62.8 Å². The monoisotopic (exact) mass is 289 g/mol. The highest BCUT2D eigenvalue weighted by atomic mass is 16.5. The molecule has 3 nitrogen and oxygen atoms in total. The predicted octanol–water partition coefficient (Wildman–Crippen LogP) is 4.49. The summed E-state index contributed by atoms with van der Waals surface area (Å²) in [5.74, 6) is 1.13. The molecule has 0 heterocycles. The fraction of sp³-hybridized carbons (Fsp3) is 0.611. The Labute approximate surface area is 128 Å². The molecule has 2 rings (SSSR count). The third-order valence-corrected chi connectivity index (χ3v) is 4.34. The first kappa shape index (κ1) is 15.9. The third kappa shape index (κ3) is 4.23. The molecule has 0 aromatic heterocycles. The minimum absolute atomic E-state index is 0.0840. The number of hydrogen-bond acceptors (Lipinski definition) is 3. The van der Waals surface area contributed by atoms with Crippen LogP contribution in [0.25, 0.3) is 0 Å². The molecule has 0 amide bonds. The van der Waals surface area contributed by atoms with E-state index >= 15 is 0 Å². The first-order valence-electron chi connectivity index (χ1n) is 8.05. The summed E-state index contributed by atoms with van der Waals surface area (Å²) < 4.78 is 5.20. The number of carbonyl (C=O) groups is 1. The number of ether oxygens (including phenoxy) is 1. The van der Waals surface area contributed by atoms with E-state index in [9.17, 15) is 4.79 Å². The highest BCUT2D eigenvalue weighted by molar-refractivity contribution is 5.89. The van der Waals surface area contributed by atoms with Crippen LogP contribution in [0.2, 0.25) is 0 Å². The average Bonchev–Trinajstić information content (AvgIpc) is 2.43.